The number of nitrogens with zero attached hydrogens (tertiary/aromatic N) is 1. The molecule has 1 N–H and O–H groups in total. The number of benzene rings is 3. The molecule has 1 unspecified atom stereocenters. The van der Waals surface area contributed by atoms with Gasteiger partial charge in [0, 0.05) is 17.5 Å². The number of carbonyl (C=O) groups excluding carboxylic acids is 1. The fourth-order valence-electron chi connectivity index (χ4n) is 3.81. The first kappa shape index (κ1) is 22.4. The summed E-state index contributed by atoms with van der Waals surface area (Å²) in [6.07, 6.45) is 0. The minimum Gasteiger partial charge on any atom is -0.497 e. The Kier molecular flexibility index (Phi) is 6.95. The average Bonchev–Trinajstić information content (AvgIpc) is 3.22. The van der Waals surface area contributed by atoms with Crippen LogP contribution in [0.2, 0.25) is 0 Å². The lowest BCUT2D eigenvalue weighted by molar-refractivity contribution is 0.0913. The summed E-state index contributed by atoms with van der Waals surface area (Å²) >= 11 is 0. The molecule has 1 amide bonds. The number of likely N-dealkylation sites (N-methyl/N-ethyl adjacent to an activating group) is 1. The van der Waals surface area contributed by atoms with Crippen LogP contribution in [0.5, 0.6) is 11.5 Å². The van der Waals surface area contributed by atoms with Crippen LogP contribution in [0.15, 0.2) is 83.3 Å². The first-order valence-corrected chi connectivity index (χ1v) is 10.8. The van der Waals surface area contributed by atoms with Crippen molar-refractivity contribution in [1.82, 2.24) is 10.2 Å². The van der Waals surface area contributed by atoms with Gasteiger partial charge in [-0.25, -0.2) is 0 Å². The highest BCUT2D eigenvalue weighted by Gasteiger charge is 2.23. The SMILES string of the molecule is COc1cccc(C(CNC(=O)c2oc3ccccc3c2COc2ccccc2)N(C)C)c1. The van der Waals surface area contributed by atoms with E-state index >= 15 is 0 Å². The molecule has 0 fully saturated rings. The lowest BCUT2D eigenvalue weighted by atomic mass is 10.1. The molecule has 0 spiro atoms. The third-order valence-corrected chi connectivity index (χ3v) is 5.59. The van der Waals surface area contributed by atoms with E-state index in [0.717, 1.165) is 28.0 Å². The maximum atomic E-state index is 13.2. The highest BCUT2D eigenvalue weighted by atomic mass is 16.5. The Morgan fingerprint density at radius 2 is 1.70 bits per heavy atom. The number of carbonyl (C=O) groups is 1. The molecule has 6 nitrogen and oxygen atoms in total. The van der Waals surface area contributed by atoms with Gasteiger partial charge in [-0.2, -0.15) is 0 Å². The van der Waals surface area contributed by atoms with Crippen LogP contribution in [-0.4, -0.2) is 38.6 Å². The monoisotopic (exact) mass is 444 g/mol. The molecule has 3 aromatic carbocycles. The van der Waals surface area contributed by atoms with Crippen molar-refractivity contribution in [3.8, 4) is 11.5 Å². The largest absolute Gasteiger partial charge is 0.497 e. The zero-order valence-corrected chi connectivity index (χ0v) is 19.1. The standard InChI is InChI=1S/C27H28N2O4/c1-29(2)24(19-10-9-13-21(16-19)31-3)17-28-27(30)26-23(18-32-20-11-5-4-6-12-20)22-14-7-8-15-25(22)33-26/h4-16,24H,17-18H2,1-3H3,(H,28,30). The molecule has 0 aliphatic rings. The van der Waals surface area contributed by atoms with Gasteiger partial charge in [0.1, 0.15) is 23.7 Å². The van der Waals surface area contributed by atoms with E-state index in [4.69, 9.17) is 13.9 Å². The van der Waals surface area contributed by atoms with Crippen molar-refractivity contribution in [2.24, 2.45) is 0 Å². The molecule has 33 heavy (non-hydrogen) atoms. The number of furan rings is 1. The molecular formula is C27H28N2O4. The summed E-state index contributed by atoms with van der Waals surface area (Å²) in [5.74, 6) is 1.52. The van der Waals surface area contributed by atoms with Crippen LogP contribution < -0.4 is 14.8 Å². The second-order valence-corrected chi connectivity index (χ2v) is 7.97. The summed E-state index contributed by atoms with van der Waals surface area (Å²) in [6.45, 7) is 0.645. The van der Waals surface area contributed by atoms with E-state index < -0.39 is 0 Å². The van der Waals surface area contributed by atoms with Crippen molar-refractivity contribution in [2.45, 2.75) is 12.6 Å². The molecular weight excluding hydrogens is 416 g/mol. The van der Waals surface area contributed by atoms with Crippen LogP contribution in [0.3, 0.4) is 0 Å². The number of fused-ring (bicyclic) bond motifs is 1. The van der Waals surface area contributed by atoms with Gasteiger partial charge in [0.05, 0.1) is 13.2 Å². The molecule has 0 aliphatic carbocycles. The van der Waals surface area contributed by atoms with Crippen LogP contribution in [0.25, 0.3) is 11.0 Å². The van der Waals surface area contributed by atoms with Gasteiger partial charge in [-0.1, -0.05) is 48.5 Å². The van der Waals surface area contributed by atoms with Crippen molar-refractivity contribution in [1.29, 1.82) is 0 Å². The van der Waals surface area contributed by atoms with Crippen molar-refractivity contribution in [2.75, 3.05) is 27.7 Å². The molecule has 0 saturated carbocycles. The van der Waals surface area contributed by atoms with Crippen LogP contribution in [0.1, 0.15) is 27.7 Å². The highest BCUT2D eigenvalue weighted by Crippen LogP contribution is 2.28. The highest BCUT2D eigenvalue weighted by molar-refractivity contribution is 5.99. The molecule has 0 bridgehead atoms. The Morgan fingerprint density at radius 1 is 0.970 bits per heavy atom. The lowest BCUT2D eigenvalue weighted by Crippen LogP contribution is -2.34. The minimum atomic E-state index is -0.271. The van der Waals surface area contributed by atoms with Gasteiger partial charge >= 0.3 is 0 Å². The van der Waals surface area contributed by atoms with Crippen molar-refractivity contribution in [3.05, 3.63) is 95.7 Å². The number of ether oxygens (including phenoxy) is 2. The Bertz CT molecular complexity index is 1220. The molecule has 1 aromatic heterocycles. The Morgan fingerprint density at radius 3 is 2.45 bits per heavy atom. The Balaban J connectivity index is 1.55. The molecule has 1 atom stereocenters. The van der Waals surface area contributed by atoms with E-state index in [1.165, 1.54) is 0 Å². The maximum Gasteiger partial charge on any atom is 0.287 e. The van der Waals surface area contributed by atoms with Crippen LogP contribution in [0, 0.1) is 0 Å². The molecule has 0 aliphatic heterocycles. The van der Waals surface area contributed by atoms with Crippen LogP contribution in [0.4, 0.5) is 0 Å². The summed E-state index contributed by atoms with van der Waals surface area (Å²) in [6, 6.07) is 25.0. The number of rotatable bonds is 9. The second kappa shape index (κ2) is 10.2. The first-order chi connectivity index (χ1) is 16.1. The maximum absolute atomic E-state index is 13.2. The van der Waals surface area contributed by atoms with Gasteiger partial charge in [-0.3, -0.25) is 4.79 Å². The topological polar surface area (TPSA) is 63.9 Å². The van der Waals surface area contributed by atoms with Gasteiger partial charge < -0.3 is 24.1 Å². The third-order valence-electron chi connectivity index (χ3n) is 5.59. The lowest BCUT2D eigenvalue weighted by Gasteiger charge is -2.25. The Hall–Kier alpha value is -3.77. The normalized spacial score (nSPS) is 12.0. The van der Waals surface area contributed by atoms with E-state index in [1.54, 1.807) is 7.11 Å². The Labute approximate surface area is 193 Å². The predicted molar refractivity (Wildman–Crippen MR) is 129 cm³/mol. The second-order valence-electron chi connectivity index (χ2n) is 7.97. The number of hydrogen-bond donors (Lipinski definition) is 1. The fraction of sp³-hybridized carbons (Fsp3) is 0.222. The zero-order valence-electron chi connectivity index (χ0n) is 19.1. The first-order valence-electron chi connectivity index (χ1n) is 10.8. The minimum absolute atomic E-state index is 0.0301. The van der Waals surface area contributed by atoms with Crippen molar-refractivity contribution < 1.29 is 18.7 Å². The van der Waals surface area contributed by atoms with Crippen LogP contribution in [-0.2, 0) is 6.61 Å². The molecule has 170 valence electrons. The smallest absolute Gasteiger partial charge is 0.287 e. The molecule has 6 heteroatoms. The fourth-order valence-corrected chi connectivity index (χ4v) is 3.81. The zero-order chi connectivity index (χ0) is 23.2. The van der Waals surface area contributed by atoms with E-state index in [1.807, 2.05) is 93.0 Å². The summed E-state index contributed by atoms with van der Waals surface area (Å²) in [5, 5.41) is 3.92. The van der Waals surface area contributed by atoms with Crippen molar-refractivity contribution in [3.63, 3.8) is 0 Å². The number of hydrogen-bond acceptors (Lipinski definition) is 5. The number of nitrogens with one attached hydrogen (secondary N) is 1. The quantitative estimate of drug-likeness (QED) is 0.391. The predicted octanol–water partition coefficient (Wildman–Crippen LogP) is 5.05. The molecule has 0 saturated heterocycles. The van der Waals surface area contributed by atoms with Gasteiger partial charge in [-0.05, 0) is 50.0 Å². The van der Waals surface area contributed by atoms with E-state index in [-0.39, 0.29) is 24.3 Å². The molecule has 1 heterocycles. The van der Waals surface area contributed by atoms with E-state index in [9.17, 15) is 4.79 Å². The summed E-state index contributed by atoms with van der Waals surface area (Å²) in [4.78, 5) is 15.3. The molecule has 0 radical (unpaired) electrons. The van der Waals surface area contributed by atoms with Gasteiger partial charge in [-0.15, -0.1) is 0 Å². The van der Waals surface area contributed by atoms with Crippen molar-refractivity contribution >= 4 is 16.9 Å². The van der Waals surface area contributed by atoms with E-state index in [0.29, 0.717) is 12.1 Å². The summed E-state index contributed by atoms with van der Waals surface area (Å²) in [5.41, 5.74) is 2.44. The summed E-state index contributed by atoms with van der Waals surface area (Å²) in [7, 11) is 5.61. The number of methoxy groups -OCH3 is 1. The van der Waals surface area contributed by atoms with Gasteiger partial charge in [0.15, 0.2) is 5.76 Å². The third kappa shape index (κ3) is 5.18. The number of para-hydroxylation sites is 2. The molecule has 4 aromatic rings. The molecule has 4 rings (SSSR count). The number of amides is 1. The summed E-state index contributed by atoms with van der Waals surface area (Å²) < 4.78 is 17.3. The van der Waals surface area contributed by atoms with Crippen LogP contribution >= 0.6 is 0 Å². The van der Waals surface area contributed by atoms with Gasteiger partial charge in [0.25, 0.3) is 5.91 Å². The average molecular weight is 445 g/mol. The van der Waals surface area contributed by atoms with Gasteiger partial charge in [0.2, 0.25) is 0 Å². The van der Waals surface area contributed by atoms with E-state index in [2.05, 4.69) is 10.2 Å².